The molecular weight excluding hydrogens is 366 g/mol. The van der Waals surface area contributed by atoms with Gasteiger partial charge in [0.15, 0.2) is 18.1 Å². The number of carbonyl (C=O) groups excluding carboxylic acids is 2. The molecule has 0 bridgehead atoms. The predicted octanol–water partition coefficient (Wildman–Crippen LogP) is 4.00. The summed E-state index contributed by atoms with van der Waals surface area (Å²) in [4.78, 5) is 25.1. The van der Waals surface area contributed by atoms with Crippen LogP contribution in [0.1, 0.15) is 24.2 Å². The van der Waals surface area contributed by atoms with Gasteiger partial charge in [0.05, 0.1) is 18.8 Å². The standard InChI is InChI=1S/C20H23NO5S/c1-4-24-17-11-8-15(12-18(17)25-5-2)21-19(22)13-26-20(23)14-6-9-16(27-3)10-7-14/h6-12H,4-5,13H2,1-3H3,(H,21,22). The van der Waals surface area contributed by atoms with Gasteiger partial charge in [0, 0.05) is 16.6 Å². The second kappa shape index (κ2) is 10.5. The molecule has 7 heteroatoms. The number of anilines is 1. The largest absolute Gasteiger partial charge is 0.490 e. The minimum atomic E-state index is -0.542. The fourth-order valence-corrected chi connectivity index (χ4v) is 2.68. The Kier molecular flexibility index (Phi) is 8.00. The number of hydrogen-bond acceptors (Lipinski definition) is 6. The molecule has 0 saturated carbocycles. The van der Waals surface area contributed by atoms with Gasteiger partial charge in [0.25, 0.3) is 5.91 Å². The fourth-order valence-electron chi connectivity index (χ4n) is 2.27. The van der Waals surface area contributed by atoms with Gasteiger partial charge in [-0.1, -0.05) is 0 Å². The maximum atomic E-state index is 12.1. The first-order valence-corrected chi connectivity index (χ1v) is 9.80. The van der Waals surface area contributed by atoms with Crippen molar-refractivity contribution in [1.82, 2.24) is 0 Å². The first kappa shape index (κ1) is 20.6. The highest BCUT2D eigenvalue weighted by atomic mass is 32.2. The third-order valence-electron chi connectivity index (χ3n) is 3.49. The third-order valence-corrected chi connectivity index (χ3v) is 4.23. The molecule has 0 heterocycles. The van der Waals surface area contributed by atoms with Crippen LogP contribution in [0, 0.1) is 0 Å². The molecule has 0 fully saturated rings. The summed E-state index contributed by atoms with van der Waals surface area (Å²) in [6.07, 6.45) is 1.95. The zero-order valence-electron chi connectivity index (χ0n) is 15.6. The Bertz CT molecular complexity index is 776. The molecule has 0 aliphatic rings. The maximum absolute atomic E-state index is 12.1. The average molecular weight is 389 g/mol. The number of hydrogen-bond donors (Lipinski definition) is 1. The van der Waals surface area contributed by atoms with Gasteiger partial charge in [-0.15, -0.1) is 11.8 Å². The number of carbonyl (C=O) groups is 2. The summed E-state index contributed by atoms with van der Waals surface area (Å²) in [6, 6.07) is 12.1. The topological polar surface area (TPSA) is 73.9 Å². The van der Waals surface area contributed by atoms with E-state index in [2.05, 4.69) is 5.32 Å². The van der Waals surface area contributed by atoms with Crippen LogP contribution in [0.15, 0.2) is 47.4 Å². The summed E-state index contributed by atoms with van der Waals surface area (Å²) in [5.74, 6) is 0.177. The van der Waals surface area contributed by atoms with Crippen LogP contribution < -0.4 is 14.8 Å². The summed E-state index contributed by atoms with van der Waals surface area (Å²) in [5.41, 5.74) is 0.938. The molecule has 0 spiro atoms. The number of nitrogens with one attached hydrogen (secondary N) is 1. The molecule has 0 atom stereocenters. The van der Waals surface area contributed by atoms with Crippen LogP contribution in [-0.4, -0.2) is 38.0 Å². The average Bonchev–Trinajstić information content (AvgIpc) is 2.68. The number of thioether (sulfide) groups is 1. The molecule has 6 nitrogen and oxygen atoms in total. The van der Waals surface area contributed by atoms with E-state index in [-0.39, 0.29) is 6.61 Å². The summed E-state index contributed by atoms with van der Waals surface area (Å²) in [5, 5.41) is 2.68. The van der Waals surface area contributed by atoms with Crippen molar-refractivity contribution in [2.45, 2.75) is 18.7 Å². The lowest BCUT2D eigenvalue weighted by atomic mass is 10.2. The highest BCUT2D eigenvalue weighted by molar-refractivity contribution is 7.98. The lowest BCUT2D eigenvalue weighted by Crippen LogP contribution is -2.21. The lowest BCUT2D eigenvalue weighted by Gasteiger charge is -2.13. The quantitative estimate of drug-likeness (QED) is 0.516. The first-order chi connectivity index (χ1) is 13.1. The molecule has 27 heavy (non-hydrogen) atoms. The Morgan fingerprint density at radius 2 is 1.63 bits per heavy atom. The van der Waals surface area contributed by atoms with Crippen molar-refractivity contribution in [1.29, 1.82) is 0 Å². The molecule has 1 amide bonds. The number of amides is 1. The van der Waals surface area contributed by atoms with Gasteiger partial charge >= 0.3 is 5.97 Å². The van der Waals surface area contributed by atoms with Crippen molar-refractivity contribution in [3.8, 4) is 11.5 Å². The molecule has 0 unspecified atom stereocenters. The van der Waals surface area contributed by atoms with Crippen molar-refractivity contribution < 1.29 is 23.8 Å². The number of rotatable bonds is 9. The van der Waals surface area contributed by atoms with Gasteiger partial charge in [0.1, 0.15) is 0 Å². The van der Waals surface area contributed by atoms with Crippen LogP contribution in [0.2, 0.25) is 0 Å². The Balaban J connectivity index is 1.92. The molecule has 0 aliphatic heterocycles. The van der Waals surface area contributed by atoms with Crippen LogP contribution in [0.3, 0.4) is 0 Å². The second-order valence-electron chi connectivity index (χ2n) is 5.38. The van der Waals surface area contributed by atoms with Crippen molar-refractivity contribution in [2.24, 2.45) is 0 Å². The van der Waals surface area contributed by atoms with Gasteiger partial charge in [-0.3, -0.25) is 4.79 Å². The highest BCUT2D eigenvalue weighted by Crippen LogP contribution is 2.30. The molecule has 2 aromatic carbocycles. The molecule has 2 aromatic rings. The minimum Gasteiger partial charge on any atom is -0.490 e. The third kappa shape index (κ3) is 6.21. The number of esters is 1. The second-order valence-corrected chi connectivity index (χ2v) is 6.26. The first-order valence-electron chi connectivity index (χ1n) is 8.58. The molecule has 0 aliphatic carbocycles. The summed E-state index contributed by atoms with van der Waals surface area (Å²) in [7, 11) is 0. The van der Waals surface area contributed by atoms with E-state index in [0.717, 1.165) is 4.90 Å². The van der Waals surface area contributed by atoms with Gasteiger partial charge in [-0.2, -0.15) is 0 Å². The van der Waals surface area contributed by atoms with E-state index >= 15 is 0 Å². The van der Waals surface area contributed by atoms with Crippen LogP contribution >= 0.6 is 11.8 Å². The maximum Gasteiger partial charge on any atom is 0.338 e. The molecular formula is C20H23NO5S. The van der Waals surface area contributed by atoms with E-state index in [4.69, 9.17) is 14.2 Å². The molecule has 0 radical (unpaired) electrons. The predicted molar refractivity (Wildman–Crippen MR) is 106 cm³/mol. The van der Waals surface area contributed by atoms with Crippen LogP contribution in [0.5, 0.6) is 11.5 Å². The number of benzene rings is 2. The summed E-state index contributed by atoms with van der Waals surface area (Å²) >= 11 is 1.58. The molecule has 0 saturated heterocycles. The van der Waals surface area contributed by atoms with E-state index in [9.17, 15) is 9.59 Å². The summed E-state index contributed by atoms with van der Waals surface area (Å²) in [6.45, 7) is 4.37. The van der Waals surface area contributed by atoms with Crippen LogP contribution in [0.25, 0.3) is 0 Å². The fraction of sp³-hybridized carbons (Fsp3) is 0.300. The zero-order valence-corrected chi connectivity index (χ0v) is 16.4. The van der Waals surface area contributed by atoms with E-state index in [1.807, 2.05) is 32.2 Å². The van der Waals surface area contributed by atoms with Crippen LogP contribution in [-0.2, 0) is 9.53 Å². The van der Waals surface area contributed by atoms with E-state index in [1.54, 1.807) is 42.1 Å². The van der Waals surface area contributed by atoms with Gasteiger partial charge in [-0.25, -0.2) is 4.79 Å². The molecule has 2 rings (SSSR count). The van der Waals surface area contributed by atoms with Crippen molar-refractivity contribution in [3.63, 3.8) is 0 Å². The monoisotopic (exact) mass is 389 g/mol. The SMILES string of the molecule is CCOc1ccc(NC(=O)COC(=O)c2ccc(SC)cc2)cc1OCC. The molecule has 0 aromatic heterocycles. The van der Waals surface area contributed by atoms with Gasteiger partial charge in [-0.05, 0) is 56.5 Å². The van der Waals surface area contributed by atoms with Gasteiger partial charge in [0.2, 0.25) is 0 Å². The Labute approximate surface area is 163 Å². The normalized spacial score (nSPS) is 10.2. The van der Waals surface area contributed by atoms with Gasteiger partial charge < -0.3 is 19.5 Å². The Hall–Kier alpha value is -2.67. The highest BCUT2D eigenvalue weighted by Gasteiger charge is 2.12. The van der Waals surface area contributed by atoms with E-state index in [0.29, 0.717) is 36.0 Å². The van der Waals surface area contributed by atoms with E-state index < -0.39 is 11.9 Å². The minimum absolute atomic E-state index is 0.375. The Morgan fingerprint density at radius 3 is 2.26 bits per heavy atom. The molecule has 1 N–H and O–H groups in total. The smallest absolute Gasteiger partial charge is 0.338 e. The molecule has 144 valence electrons. The summed E-state index contributed by atoms with van der Waals surface area (Å²) < 4.78 is 16.1. The number of ether oxygens (including phenoxy) is 3. The van der Waals surface area contributed by atoms with Crippen molar-refractivity contribution in [2.75, 3.05) is 31.4 Å². The van der Waals surface area contributed by atoms with Crippen molar-refractivity contribution in [3.05, 3.63) is 48.0 Å². The van der Waals surface area contributed by atoms with E-state index in [1.165, 1.54) is 0 Å². The Morgan fingerprint density at radius 1 is 0.963 bits per heavy atom. The zero-order chi connectivity index (χ0) is 19.6. The van der Waals surface area contributed by atoms with Crippen LogP contribution in [0.4, 0.5) is 5.69 Å². The van der Waals surface area contributed by atoms with Crippen molar-refractivity contribution >= 4 is 29.3 Å². The lowest BCUT2D eigenvalue weighted by molar-refractivity contribution is -0.119.